The van der Waals surface area contributed by atoms with E-state index in [4.69, 9.17) is 9.47 Å². The first-order valence-corrected chi connectivity index (χ1v) is 13.6. The lowest BCUT2D eigenvalue weighted by Gasteiger charge is -2.38. The fourth-order valence-electron chi connectivity index (χ4n) is 5.32. The predicted octanol–water partition coefficient (Wildman–Crippen LogP) is 3.99. The van der Waals surface area contributed by atoms with E-state index in [0.717, 1.165) is 35.2 Å². The highest BCUT2D eigenvalue weighted by molar-refractivity contribution is 6.03. The van der Waals surface area contributed by atoms with Crippen molar-refractivity contribution < 1.29 is 24.5 Å². The van der Waals surface area contributed by atoms with Crippen LogP contribution in [0.2, 0.25) is 0 Å². The number of nitrogens with one attached hydrogen (secondary N) is 1. The Morgan fingerprint density at radius 2 is 1.82 bits per heavy atom. The first-order valence-electron chi connectivity index (χ1n) is 13.6. The number of nitrogens with zero attached hydrogens (tertiary/aromatic N) is 3. The third kappa shape index (κ3) is 6.04. The van der Waals surface area contributed by atoms with Gasteiger partial charge in [0, 0.05) is 37.3 Å². The lowest BCUT2D eigenvalue weighted by molar-refractivity contribution is -0.252. The van der Waals surface area contributed by atoms with Crippen LogP contribution < -0.4 is 5.32 Å². The van der Waals surface area contributed by atoms with Crippen molar-refractivity contribution in [2.45, 2.75) is 44.1 Å². The molecule has 3 N–H and O–H groups in total. The number of carbonyl (C=O) groups is 1. The van der Waals surface area contributed by atoms with Crippen molar-refractivity contribution in [2.75, 3.05) is 25.0 Å². The zero-order valence-corrected chi connectivity index (χ0v) is 22.0. The molecule has 9 heteroatoms. The van der Waals surface area contributed by atoms with Gasteiger partial charge >= 0.3 is 0 Å². The van der Waals surface area contributed by atoms with Crippen LogP contribution >= 0.6 is 0 Å². The average molecular weight is 541 g/mol. The minimum atomic E-state index is -0.647. The number of para-hydroxylation sites is 2. The number of anilines is 1. The van der Waals surface area contributed by atoms with E-state index in [1.807, 2.05) is 72.8 Å². The molecule has 0 bridgehead atoms. The molecule has 2 aliphatic heterocycles. The molecule has 6 rings (SSSR count). The summed E-state index contributed by atoms with van der Waals surface area (Å²) in [6.45, 7) is 2.15. The summed E-state index contributed by atoms with van der Waals surface area (Å²) in [6, 6.07) is 22.6. The molecule has 3 aromatic carbocycles. The Bertz CT molecular complexity index is 1480. The molecule has 4 aromatic rings. The van der Waals surface area contributed by atoms with E-state index in [0.29, 0.717) is 30.7 Å². The van der Waals surface area contributed by atoms with Gasteiger partial charge < -0.3 is 25.0 Å². The first-order chi connectivity index (χ1) is 19.5. The SMILES string of the molecule is O=C(Nc1cccc(C2OC(CN3CCC(O)C3)CC(c3ccc(CO)cc3)O2)c1)c1cnc2ccccc2n1. The number of hydrogen-bond acceptors (Lipinski definition) is 8. The summed E-state index contributed by atoms with van der Waals surface area (Å²) in [5.41, 5.74) is 4.84. The van der Waals surface area contributed by atoms with Gasteiger partial charge in [0.1, 0.15) is 5.69 Å². The standard InChI is InChI=1S/C31H32N4O5/c36-19-20-8-10-21(11-9-20)29-15-25(18-35-13-12-24(37)17-35)39-31(40-29)22-4-3-5-23(14-22)33-30(38)28-16-32-26-6-1-2-7-27(26)34-28/h1-11,14,16,24-25,29,31,36-37H,12-13,15,17-19H2,(H,33,38). The van der Waals surface area contributed by atoms with Crippen molar-refractivity contribution in [2.24, 2.45) is 0 Å². The topological polar surface area (TPSA) is 117 Å². The van der Waals surface area contributed by atoms with Crippen molar-refractivity contribution in [3.63, 3.8) is 0 Å². The quantitative estimate of drug-likeness (QED) is 0.322. The Balaban J connectivity index is 1.21. The van der Waals surface area contributed by atoms with Crippen LogP contribution in [0.25, 0.3) is 11.0 Å². The summed E-state index contributed by atoms with van der Waals surface area (Å²) in [5.74, 6) is -0.354. The average Bonchev–Trinajstić information content (AvgIpc) is 3.41. The van der Waals surface area contributed by atoms with Gasteiger partial charge in [0.15, 0.2) is 6.29 Å². The first kappa shape index (κ1) is 26.5. The summed E-state index contributed by atoms with van der Waals surface area (Å²) in [6.07, 6.45) is 1.63. The highest BCUT2D eigenvalue weighted by Crippen LogP contribution is 2.39. The van der Waals surface area contributed by atoms with Crippen molar-refractivity contribution >= 4 is 22.6 Å². The lowest BCUT2D eigenvalue weighted by Crippen LogP contribution is -2.38. The van der Waals surface area contributed by atoms with Crippen LogP contribution in [-0.4, -0.2) is 62.8 Å². The summed E-state index contributed by atoms with van der Waals surface area (Å²) in [5, 5.41) is 22.4. The number of carbonyl (C=O) groups excluding carboxylic acids is 1. The highest BCUT2D eigenvalue weighted by Gasteiger charge is 2.34. The number of hydrogen-bond donors (Lipinski definition) is 3. The Labute approximate surface area is 232 Å². The molecule has 0 aliphatic carbocycles. The normalized spacial score (nSPS) is 23.4. The van der Waals surface area contributed by atoms with Gasteiger partial charge in [-0.05, 0) is 41.8 Å². The molecule has 4 atom stereocenters. The second-order valence-electron chi connectivity index (χ2n) is 10.4. The molecule has 3 heterocycles. The molecule has 40 heavy (non-hydrogen) atoms. The van der Waals surface area contributed by atoms with Gasteiger partial charge in [0.25, 0.3) is 5.91 Å². The maximum absolute atomic E-state index is 13.0. The molecule has 0 spiro atoms. The van der Waals surface area contributed by atoms with Crippen LogP contribution in [0.15, 0.2) is 79.0 Å². The molecule has 9 nitrogen and oxygen atoms in total. The van der Waals surface area contributed by atoms with Gasteiger partial charge in [-0.15, -0.1) is 0 Å². The number of benzene rings is 3. The number of fused-ring (bicyclic) bond motifs is 1. The Hall–Kier alpha value is -3.73. The van der Waals surface area contributed by atoms with Gasteiger partial charge in [-0.25, -0.2) is 4.98 Å². The minimum absolute atomic E-state index is 0.0131. The molecule has 2 aliphatic rings. The number of rotatable bonds is 7. The second-order valence-corrected chi connectivity index (χ2v) is 10.4. The van der Waals surface area contributed by atoms with Crippen LogP contribution in [0, 0.1) is 0 Å². The number of aliphatic hydroxyl groups excluding tert-OH is 2. The van der Waals surface area contributed by atoms with Crippen molar-refractivity contribution in [3.8, 4) is 0 Å². The molecule has 0 radical (unpaired) electrons. The fraction of sp³-hybridized carbons (Fsp3) is 0.323. The van der Waals surface area contributed by atoms with Crippen LogP contribution in [0.4, 0.5) is 5.69 Å². The highest BCUT2D eigenvalue weighted by atomic mass is 16.7. The molecule has 1 aromatic heterocycles. The third-order valence-electron chi connectivity index (χ3n) is 7.42. The summed E-state index contributed by atoms with van der Waals surface area (Å²) < 4.78 is 12.9. The van der Waals surface area contributed by atoms with Crippen LogP contribution in [0.1, 0.15) is 52.4 Å². The van der Waals surface area contributed by atoms with Crippen molar-refractivity contribution in [1.29, 1.82) is 0 Å². The summed E-state index contributed by atoms with van der Waals surface area (Å²) in [4.78, 5) is 24.0. The maximum Gasteiger partial charge on any atom is 0.275 e. The van der Waals surface area contributed by atoms with Crippen LogP contribution in [0.3, 0.4) is 0 Å². The Morgan fingerprint density at radius 3 is 2.60 bits per heavy atom. The molecule has 2 fully saturated rings. The molecule has 4 unspecified atom stereocenters. The smallest absolute Gasteiger partial charge is 0.275 e. The second kappa shape index (κ2) is 11.8. The molecule has 206 valence electrons. The summed E-state index contributed by atoms with van der Waals surface area (Å²) in [7, 11) is 0. The van der Waals surface area contributed by atoms with Gasteiger partial charge in [-0.1, -0.05) is 48.5 Å². The molecular weight excluding hydrogens is 508 g/mol. The minimum Gasteiger partial charge on any atom is -0.392 e. The number of amides is 1. The van der Waals surface area contributed by atoms with Crippen LogP contribution in [0.5, 0.6) is 0 Å². The fourth-order valence-corrected chi connectivity index (χ4v) is 5.32. The van der Waals surface area contributed by atoms with Gasteiger partial charge in [0.05, 0.1) is 42.1 Å². The number of likely N-dealkylation sites (tertiary alicyclic amines) is 1. The van der Waals surface area contributed by atoms with Crippen molar-refractivity contribution in [1.82, 2.24) is 14.9 Å². The number of aliphatic hydroxyl groups is 2. The predicted molar refractivity (Wildman–Crippen MR) is 149 cm³/mol. The Morgan fingerprint density at radius 1 is 1.00 bits per heavy atom. The maximum atomic E-state index is 13.0. The molecule has 0 saturated carbocycles. The van der Waals surface area contributed by atoms with E-state index in [-0.39, 0.29) is 36.5 Å². The third-order valence-corrected chi connectivity index (χ3v) is 7.42. The van der Waals surface area contributed by atoms with Gasteiger partial charge in [0.2, 0.25) is 0 Å². The lowest BCUT2D eigenvalue weighted by atomic mass is 9.99. The Kier molecular flexibility index (Phi) is 7.81. The van der Waals surface area contributed by atoms with E-state index < -0.39 is 6.29 Å². The monoisotopic (exact) mass is 540 g/mol. The van der Waals surface area contributed by atoms with E-state index >= 15 is 0 Å². The zero-order valence-electron chi connectivity index (χ0n) is 22.0. The number of aromatic nitrogens is 2. The largest absolute Gasteiger partial charge is 0.392 e. The van der Waals surface area contributed by atoms with Crippen LogP contribution in [-0.2, 0) is 16.1 Å². The van der Waals surface area contributed by atoms with E-state index in [1.165, 1.54) is 6.20 Å². The van der Waals surface area contributed by atoms with E-state index in [2.05, 4.69) is 20.2 Å². The van der Waals surface area contributed by atoms with E-state index in [1.54, 1.807) is 0 Å². The number of β-amino-alcohol motifs (C(OH)–C–C–N with tert-alkyl or cyclic N) is 1. The van der Waals surface area contributed by atoms with Gasteiger partial charge in [-0.3, -0.25) is 14.7 Å². The van der Waals surface area contributed by atoms with Gasteiger partial charge in [-0.2, -0.15) is 0 Å². The molecule has 2 saturated heterocycles. The van der Waals surface area contributed by atoms with Crippen molar-refractivity contribution in [3.05, 3.63) is 101 Å². The number of ether oxygens (including phenoxy) is 2. The van der Waals surface area contributed by atoms with E-state index in [9.17, 15) is 15.0 Å². The molecule has 1 amide bonds. The zero-order chi connectivity index (χ0) is 27.5. The molecular formula is C31H32N4O5. The summed E-state index contributed by atoms with van der Waals surface area (Å²) >= 11 is 0.